The highest BCUT2D eigenvalue weighted by molar-refractivity contribution is 5.80. The molecule has 1 aromatic rings. The van der Waals surface area contributed by atoms with Crippen LogP contribution in [0.15, 0.2) is 30.3 Å². The van der Waals surface area contributed by atoms with Crippen molar-refractivity contribution < 1.29 is 14.7 Å². The molecule has 2 fully saturated rings. The van der Waals surface area contributed by atoms with Gasteiger partial charge in [0.05, 0.1) is 5.41 Å². The van der Waals surface area contributed by atoms with Crippen LogP contribution in [0, 0.1) is 11.3 Å². The van der Waals surface area contributed by atoms with Gasteiger partial charge in [-0.1, -0.05) is 36.8 Å². The molecule has 5 heteroatoms. The second-order valence-corrected chi connectivity index (χ2v) is 6.40. The molecule has 2 atom stereocenters. The molecule has 1 saturated heterocycles. The van der Waals surface area contributed by atoms with Crippen molar-refractivity contribution in [2.24, 2.45) is 11.3 Å². The summed E-state index contributed by atoms with van der Waals surface area (Å²) in [5.41, 5.74) is 0.486. The van der Waals surface area contributed by atoms with E-state index in [1.54, 1.807) is 4.90 Å². The summed E-state index contributed by atoms with van der Waals surface area (Å²) >= 11 is 0. The zero-order valence-electron chi connectivity index (χ0n) is 12.6. The number of carbonyl (C=O) groups is 2. The van der Waals surface area contributed by atoms with Gasteiger partial charge in [-0.15, -0.1) is 0 Å². The Labute approximate surface area is 130 Å². The normalized spacial score (nSPS) is 26.7. The summed E-state index contributed by atoms with van der Waals surface area (Å²) in [6.07, 6.45) is 3.36. The zero-order chi connectivity index (χ0) is 15.6. The van der Waals surface area contributed by atoms with Crippen LogP contribution in [0.1, 0.15) is 24.8 Å². The van der Waals surface area contributed by atoms with Crippen LogP contribution in [0.5, 0.6) is 0 Å². The van der Waals surface area contributed by atoms with E-state index in [1.165, 1.54) is 5.56 Å². The van der Waals surface area contributed by atoms with Crippen LogP contribution in [-0.4, -0.2) is 41.6 Å². The van der Waals surface area contributed by atoms with Crippen LogP contribution in [0.4, 0.5) is 4.79 Å². The summed E-state index contributed by atoms with van der Waals surface area (Å²) in [6.45, 7) is 1.50. The standard InChI is InChI=1S/C17H22N2O3/c20-15(21)17-9-4-7-14(17)11-19(12-17)16(22)18-10-8-13-5-2-1-3-6-13/h1-3,5-6,14H,4,7-12H2,(H,18,22)(H,20,21)/t14-,17+/m0/s1. The summed E-state index contributed by atoms with van der Waals surface area (Å²) < 4.78 is 0. The van der Waals surface area contributed by atoms with Crippen molar-refractivity contribution in [3.63, 3.8) is 0 Å². The van der Waals surface area contributed by atoms with Gasteiger partial charge in [0.1, 0.15) is 0 Å². The molecule has 1 aromatic carbocycles. The first-order valence-electron chi connectivity index (χ1n) is 7.92. The molecular formula is C17H22N2O3. The number of benzene rings is 1. The van der Waals surface area contributed by atoms with Crippen LogP contribution >= 0.6 is 0 Å². The molecule has 0 aromatic heterocycles. The van der Waals surface area contributed by atoms with E-state index >= 15 is 0 Å². The molecule has 1 aliphatic carbocycles. The molecule has 1 heterocycles. The van der Waals surface area contributed by atoms with Crippen LogP contribution in [0.2, 0.25) is 0 Å². The SMILES string of the molecule is O=C(NCCc1ccccc1)N1C[C@@H]2CCC[C@@]2(C(=O)O)C1. The number of likely N-dealkylation sites (tertiary alicyclic amines) is 1. The lowest BCUT2D eigenvalue weighted by atomic mass is 9.81. The summed E-state index contributed by atoms with van der Waals surface area (Å²) in [5, 5.41) is 12.5. The third-order valence-electron chi connectivity index (χ3n) is 5.12. The molecule has 3 rings (SSSR count). The second-order valence-electron chi connectivity index (χ2n) is 6.40. The predicted octanol–water partition coefficient (Wildman–Crippen LogP) is 2.13. The first-order valence-corrected chi connectivity index (χ1v) is 7.92. The number of carboxylic acid groups (broad SMARTS) is 1. The minimum atomic E-state index is -0.741. The number of rotatable bonds is 4. The maximum absolute atomic E-state index is 12.3. The highest BCUT2D eigenvalue weighted by Crippen LogP contribution is 2.48. The average Bonchev–Trinajstić information content (AvgIpc) is 3.06. The number of carboxylic acids is 1. The van der Waals surface area contributed by atoms with Crippen LogP contribution in [-0.2, 0) is 11.2 Å². The lowest BCUT2D eigenvalue weighted by Gasteiger charge is -2.23. The third kappa shape index (κ3) is 2.67. The first-order chi connectivity index (χ1) is 10.6. The van der Waals surface area contributed by atoms with Crippen LogP contribution < -0.4 is 5.32 Å². The monoisotopic (exact) mass is 302 g/mol. The molecule has 2 amide bonds. The van der Waals surface area contributed by atoms with Crippen molar-refractivity contribution in [3.05, 3.63) is 35.9 Å². The van der Waals surface area contributed by atoms with Crippen molar-refractivity contribution in [3.8, 4) is 0 Å². The highest BCUT2D eigenvalue weighted by Gasteiger charge is 2.55. The van der Waals surface area contributed by atoms with Gasteiger partial charge in [-0.2, -0.15) is 0 Å². The number of fused-ring (bicyclic) bond motifs is 1. The molecular weight excluding hydrogens is 280 g/mol. The van der Waals surface area contributed by atoms with Gasteiger partial charge in [0.15, 0.2) is 0 Å². The van der Waals surface area contributed by atoms with E-state index in [0.717, 1.165) is 19.3 Å². The van der Waals surface area contributed by atoms with Crippen molar-refractivity contribution in [1.29, 1.82) is 0 Å². The lowest BCUT2D eigenvalue weighted by Crippen LogP contribution is -2.42. The van der Waals surface area contributed by atoms with E-state index in [2.05, 4.69) is 5.32 Å². The van der Waals surface area contributed by atoms with Crippen molar-refractivity contribution in [1.82, 2.24) is 10.2 Å². The van der Waals surface area contributed by atoms with Gasteiger partial charge < -0.3 is 15.3 Å². The average molecular weight is 302 g/mol. The summed E-state index contributed by atoms with van der Waals surface area (Å²) in [5.74, 6) is -0.626. The smallest absolute Gasteiger partial charge is 0.317 e. The first kappa shape index (κ1) is 14.9. The van der Waals surface area contributed by atoms with Gasteiger partial charge in [-0.3, -0.25) is 4.79 Å². The quantitative estimate of drug-likeness (QED) is 0.895. The Morgan fingerprint density at radius 2 is 2.09 bits per heavy atom. The van der Waals surface area contributed by atoms with E-state index in [1.807, 2.05) is 30.3 Å². The molecule has 1 saturated carbocycles. The molecule has 0 unspecified atom stereocenters. The minimum Gasteiger partial charge on any atom is -0.481 e. The number of carbonyl (C=O) groups excluding carboxylic acids is 1. The van der Waals surface area contributed by atoms with Crippen molar-refractivity contribution in [2.45, 2.75) is 25.7 Å². The Hall–Kier alpha value is -2.04. The van der Waals surface area contributed by atoms with Crippen LogP contribution in [0.3, 0.4) is 0 Å². The van der Waals surface area contributed by atoms with E-state index in [-0.39, 0.29) is 11.9 Å². The summed E-state index contributed by atoms with van der Waals surface area (Å²) in [7, 11) is 0. The van der Waals surface area contributed by atoms with Gasteiger partial charge in [0, 0.05) is 19.6 Å². The van der Waals surface area contributed by atoms with Crippen molar-refractivity contribution >= 4 is 12.0 Å². The molecule has 0 radical (unpaired) electrons. The molecule has 1 aliphatic heterocycles. The Morgan fingerprint density at radius 1 is 1.32 bits per heavy atom. The fourth-order valence-electron chi connectivity index (χ4n) is 3.86. The lowest BCUT2D eigenvalue weighted by molar-refractivity contribution is -0.149. The number of nitrogens with zero attached hydrogens (tertiary/aromatic N) is 1. The molecule has 118 valence electrons. The maximum Gasteiger partial charge on any atom is 0.317 e. The minimum absolute atomic E-state index is 0.116. The van der Waals surface area contributed by atoms with Gasteiger partial charge in [-0.25, -0.2) is 4.79 Å². The Kier molecular flexibility index (Phi) is 4.05. The van der Waals surface area contributed by atoms with E-state index < -0.39 is 11.4 Å². The topological polar surface area (TPSA) is 69.6 Å². The third-order valence-corrected chi connectivity index (χ3v) is 5.12. The van der Waals surface area contributed by atoms with Gasteiger partial charge in [-0.05, 0) is 30.7 Å². The van der Waals surface area contributed by atoms with Crippen LogP contribution in [0.25, 0.3) is 0 Å². The summed E-state index contributed by atoms with van der Waals surface area (Å²) in [6, 6.07) is 9.87. The number of hydrogen-bond acceptors (Lipinski definition) is 2. The molecule has 0 bridgehead atoms. The second kappa shape index (κ2) is 5.99. The summed E-state index contributed by atoms with van der Waals surface area (Å²) in [4.78, 5) is 25.6. The fraction of sp³-hybridized carbons (Fsp3) is 0.529. The van der Waals surface area contributed by atoms with Gasteiger partial charge >= 0.3 is 12.0 Å². The van der Waals surface area contributed by atoms with Crippen molar-refractivity contribution in [2.75, 3.05) is 19.6 Å². The number of nitrogens with one attached hydrogen (secondary N) is 1. The Bertz CT molecular complexity index is 560. The molecule has 2 aliphatic rings. The zero-order valence-corrected chi connectivity index (χ0v) is 12.6. The van der Waals surface area contributed by atoms with E-state index in [0.29, 0.717) is 26.1 Å². The Morgan fingerprint density at radius 3 is 2.77 bits per heavy atom. The molecule has 0 spiro atoms. The number of aliphatic carboxylic acids is 1. The maximum atomic E-state index is 12.3. The number of urea groups is 1. The molecule has 2 N–H and O–H groups in total. The highest BCUT2D eigenvalue weighted by atomic mass is 16.4. The molecule has 5 nitrogen and oxygen atoms in total. The van der Waals surface area contributed by atoms with Gasteiger partial charge in [0.25, 0.3) is 0 Å². The van der Waals surface area contributed by atoms with E-state index in [9.17, 15) is 14.7 Å². The van der Waals surface area contributed by atoms with Gasteiger partial charge in [0.2, 0.25) is 0 Å². The largest absolute Gasteiger partial charge is 0.481 e. The molecule has 22 heavy (non-hydrogen) atoms. The Balaban J connectivity index is 1.53. The van der Waals surface area contributed by atoms with E-state index in [4.69, 9.17) is 0 Å². The fourth-order valence-corrected chi connectivity index (χ4v) is 3.86. The predicted molar refractivity (Wildman–Crippen MR) is 82.5 cm³/mol. The number of hydrogen-bond donors (Lipinski definition) is 2. The number of amides is 2.